The Morgan fingerprint density at radius 2 is 0.500 bits per heavy atom. The molecule has 24 nitrogen and oxygen atoms in total. The molecule has 0 radical (unpaired) electrons. The van der Waals surface area contributed by atoms with E-state index >= 15 is 0 Å². The summed E-state index contributed by atoms with van der Waals surface area (Å²) < 4.78 is 116. The van der Waals surface area contributed by atoms with Crippen LogP contribution in [0.1, 0.15) is 103 Å². The van der Waals surface area contributed by atoms with E-state index in [1.807, 2.05) is 0 Å². The molecule has 0 amide bonds. The van der Waals surface area contributed by atoms with Gasteiger partial charge in [-0.25, -0.2) is 0 Å². The molecular formula is C65H129BrN2O22. The summed E-state index contributed by atoms with van der Waals surface area (Å²) in [4.78, 5) is 13.3. The van der Waals surface area contributed by atoms with E-state index in [9.17, 15) is 4.79 Å². The van der Waals surface area contributed by atoms with Crippen LogP contribution in [0.2, 0.25) is 0 Å². The van der Waals surface area contributed by atoms with Crippen molar-refractivity contribution in [1.29, 1.82) is 0 Å². The lowest BCUT2D eigenvalue weighted by molar-refractivity contribution is -0.901. The third-order valence-corrected chi connectivity index (χ3v) is 13.4. The van der Waals surface area contributed by atoms with Crippen LogP contribution in [0.3, 0.4) is 0 Å². The number of carbonyl (C=O) groups excluding carboxylic acids is 1. The van der Waals surface area contributed by atoms with E-state index < -0.39 is 0 Å². The van der Waals surface area contributed by atoms with Crippen molar-refractivity contribution in [3.63, 3.8) is 0 Å². The summed E-state index contributed by atoms with van der Waals surface area (Å²) in [5.74, 6) is -0.166. The van der Waals surface area contributed by atoms with Crippen molar-refractivity contribution in [1.82, 2.24) is 5.32 Å². The summed E-state index contributed by atoms with van der Waals surface area (Å²) in [5, 5.41) is 3.32. The maximum Gasteiger partial charge on any atom is 0.311 e. The van der Waals surface area contributed by atoms with Gasteiger partial charge >= 0.3 is 5.97 Å². The molecule has 25 heteroatoms. The molecule has 1 saturated heterocycles. The number of halogens is 1. The topological polar surface area (TPSA) is 227 Å². The van der Waals surface area contributed by atoms with Crippen LogP contribution in [0.15, 0.2) is 12.2 Å². The highest BCUT2D eigenvalue weighted by atomic mass is 79.9. The van der Waals surface area contributed by atoms with Crippen LogP contribution in [0, 0.1) is 0 Å². The highest BCUT2D eigenvalue weighted by Gasteiger charge is 2.15. The van der Waals surface area contributed by atoms with Gasteiger partial charge in [-0.3, -0.25) is 4.79 Å². The van der Waals surface area contributed by atoms with Gasteiger partial charge in [-0.05, 0) is 32.1 Å². The second-order valence-corrected chi connectivity index (χ2v) is 20.9. The molecule has 0 atom stereocenters. The fourth-order valence-electron chi connectivity index (χ4n) is 8.33. The number of nitrogens with one attached hydrogen (secondary N) is 2. The largest absolute Gasteiger partial charge is 1.00 e. The molecule has 0 saturated carbocycles. The van der Waals surface area contributed by atoms with E-state index in [1.165, 1.54) is 88.4 Å². The minimum absolute atomic E-state index is 0. The van der Waals surface area contributed by atoms with E-state index in [1.54, 1.807) is 0 Å². The van der Waals surface area contributed by atoms with Gasteiger partial charge in [0.1, 0.15) is 6.61 Å². The fourth-order valence-corrected chi connectivity index (χ4v) is 8.33. The second-order valence-electron chi connectivity index (χ2n) is 20.9. The quantitative estimate of drug-likeness (QED) is 0.0503. The van der Waals surface area contributed by atoms with Crippen LogP contribution in [0.5, 0.6) is 0 Å². The van der Waals surface area contributed by atoms with Crippen LogP contribution in [-0.2, 0) is 104 Å². The zero-order chi connectivity index (χ0) is 63.3. The lowest BCUT2D eigenvalue weighted by Crippen LogP contribution is -3.14. The highest BCUT2D eigenvalue weighted by Crippen LogP contribution is 2.10. The number of unbranched alkanes of at least 4 members (excludes halogenated alkanes) is 12. The number of carbonyl (C=O) groups is 1. The van der Waals surface area contributed by atoms with Crippen LogP contribution in [0.4, 0.5) is 0 Å². The molecule has 1 rings (SSSR count). The Bertz CT molecular complexity index is 1360. The molecule has 0 aromatic heterocycles. The Hall–Kier alpha value is -1.19. The van der Waals surface area contributed by atoms with Crippen molar-refractivity contribution in [2.75, 3.05) is 304 Å². The number of quaternary nitrogens is 1. The zero-order valence-corrected chi connectivity index (χ0v) is 57.7. The molecule has 1 fully saturated rings. The van der Waals surface area contributed by atoms with Crippen molar-refractivity contribution in [2.24, 2.45) is 0 Å². The lowest BCUT2D eigenvalue weighted by Gasteiger charge is -2.23. The molecule has 0 bridgehead atoms. The first-order chi connectivity index (χ1) is 44.3. The van der Waals surface area contributed by atoms with Crippen LogP contribution in [0.25, 0.3) is 0 Å². The van der Waals surface area contributed by atoms with Gasteiger partial charge < -0.3 is 127 Å². The fraction of sp³-hybridized carbons (Fsp3) is 0.954. The number of esters is 1. The van der Waals surface area contributed by atoms with Gasteiger partial charge in [-0.2, -0.15) is 0 Å². The first-order valence-corrected chi connectivity index (χ1v) is 34.2. The van der Waals surface area contributed by atoms with Gasteiger partial charge in [0, 0.05) is 19.7 Å². The molecule has 0 aromatic carbocycles. The molecule has 0 spiro atoms. The summed E-state index contributed by atoms with van der Waals surface area (Å²) in [6, 6.07) is 0. The number of ether oxygens (including phenoxy) is 21. The molecule has 1 heterocycles. The van der Waals surface area contributed by atoms with Gasteiger partial charge in [0.15, 0.2) is 0 Å². The van der Waals surface area contributed by atoms with Crippen LogP contribution >= 0.6 is 0 Å². The minimum atomic E-state index is -0.166. The van der Waals surface area contributed by atoms with E-state index in [0.717, 1.165) is 45.8 Å². The molecule has 0 aliphatic carbocycles. The Labute approximate surface area is 554 Å². The van der Waals surface area contributed by atoms with Crippen molar-refractivity contribution in [2.45, 2.75) is 103 Å². The molecule has 90 heavy (non-hydrogen) atoms. The minimum Gasteiger partial charge on any atom is -1.00 e. The zero-order valence-electron chi connectivity index (χ0n) is 56.1. The maximum atomic E-state index is 11.9. The number of allylic oxidation sites excluding steroid dienone is 2. The average molecular weight is 1370 g/mol. The molecule has 538 valence electrons. The first kappa shape index (κ1) is 88.8. The van der Waals surface area contributed by atoms with Crippen molar-refractivity contribution < 1.29 is 126 Å². The number of piperazine rings is 1. The van der Waals surface area contributed by atoms with Gasteiger partial charge in [0.25, 0.3) is 0 Å². The smallest absolute Gasteiger partial charge is 0.311 e. The third kappa shape index (κ3) is 77.5. The maximum absolute atomic E-state index is 11.9. The summed E-state index contributed by atoms with van der Waals surface area (Å²) in [5.41, 5.74) is 0. The summed E-state index contributed by atoms with van der Waals surface area (Å²) >= 11 is 0. The molecule has 0 aromatic rings. The predicted octanol–water partition coefficient (Wildman–Crippen LogP) is 1.78. The molecule has 1 aliphatic heterocycles. The normalized spacial score (nSPS) is 12.9. The summed E-state index contributed by atoms with van der Waals surface area (Å²) in [7, 11) is 0. The SMILES string of the molecule is CCCCCCCCC=CCCCCCCCCOCCOCCOCCOCCOCCOCCOCCOCCOCCOCCOCCOCCOCCOCCOCCOCCOCCOCCOCCOCCOC(=O)CC[NH+]1CCNCC1.[Br-]. The van der Waals surface area contributed by atoms with Crippen LogP contribution in [-0.4, -0.2) is 310 Å². The second kappa shape index (κ2) is 82.0. The van der Waals surface area contributed by atoms with Gasteiger partial charge in [0.2, 0.25) is 0 Å². The first-order valence-electron chi connectivity index (χ1n) is 34.2. The van der Waals surface area contributed by atoms with Gasteiger partial charge in [0.05, 0.1) is 284 Å². The van der Waals surface area contributed by atoms with Gasteiger partial charge in [-0.15, -0.1) is 0 Å². The van der Waals surface area contributed by atoms with Crippen LogP contribution < -0.4 is 27.2 Å². The molecular weight excluding hydrogens is 1240 g/mol. The summed E-state index contributed by atoms with van der Waals surface area (Å²) in [6.07, 6.45) is 23.7. The van der Waals surface area contributed by atoms with Crippen molar-refractivity contribution in [3.05, 3.63) is 12.2 Å². The summed E-state index contributed by atoms with van der Waals surface area (Å²) in [6.45, 7) is 27.6. The Kier molecular flexibility index (Phi) is 81.0. The van der Waals surface area contributed by atoms with Crippen molar-refractivity contribution in [3.8, 4) is 0 Å². The molecule has 1 aliphatic rings. The number of hydrogen-bond donors (Lipinski definition) is 2. The van der Waals surface area contributed by atoms with E-state index in [4.69, 9.17) is 99.5 Å². The number of rotatable bonds is 79. The Morgan fingerprint density at radius 3 is 0.756 bits per heavy atom. The monoisotopic (exact) mass is 1370 g/mol. The third-order valence-electron chi connectivity index (χ3n) is 13.4. The Balaban J connectivity index is 0.0000792. The van der Waals surface area contributed by atoms with E-state index in [0.29, 0.717) is 264 Å². The van der Waals surface area contributed by atoms with Crippen molar-refractivity contribution >= 4 is 5.97 Å². The lowest BCUT2D eigenvalue weighted by atomic mass is 10.1. The molecule has 0 unspecified atom stereocenters. The predicted molar refractivity (Wildman–Crippen MR) is 340 cm³/mol. The van der Waals surface area contributed by atoms with E-state index in [-0.39, 0.29) is 29.6 Å². The number of hydrogen-bond acceptors (Lipinski definition) is 23. The Morgan fingerprint density at radius 1 is 0.289 bits per heavy atom. The average Bonchev–Trinajstić information content (AvgIpc) is 3.58. The van der Waals surface area contributed by atoms with E-state index in [2.05, 4.69) is 24.4 Å². The standard InChI is InChI=1S/C65H128N2O22.BrH/c1-2-3-4-5-6-7-8-9-10-11-12-13-14-15-16-17-24-69-25-26-70-27-28-71-29-30-72-31-32-73-33-34-74-35-36-75-37-38-76-39-40-77-41-42-78-43-44-79-45-46-80-47-48-81-49-50-82-51-52-83-53-54-84-55-56-85-57-58-86-59-60-87-61-62-88-63-64-89-65(68)18-21-67-22-19-66-20-23-67;/h9-10,66H,2-8,11-64H2,1H3;1H. The van der Waals surface area contributed by atoms with Gasteiger partial charge in [-0.1, -0.05) is 76.9 Å². The molecule has 2 N–H and O–H groups in total. The highest BCUT2D eigenvalue weighted by molar-refractivity contribution is 5.69.